The molecule has 4 N–H and O–H groups in total. The smallest absolute Gasteiger partial charge is 0.416 e. The van der Waals surface area contributed by atoms with E-state index in [1.54, 1.807) is 32.1 Å². The average Bonchev–Trinajstić information content (AvgIpc) is 3.18. The molecule has 0 bridgehead atoms. The molecule has 0 fully saturated rings. The van der Waals surface area contributed by atoms with E-state index in [9.17, 15) is 68.6 Å². The zero-order valence-corrected chi connectivity index (χ0v) is 33.5. The van der Waals surface area contributed by atoms with E-state index in [4.69, 9.17) is 33.9 Å². The topological polar surface area (TPSA) is 194 Å². The molecule has 0 saturated carbocycles. The van der Waals surface area contributed by atoms with Crippen molar-refractivity contribution < 1.29 is 107 Å². The Morgan fingerprint density at radius 1 is 0.538 bits per heavy atom. The van der Waals surface area contributed by atoms with Crippen molar-refractivity contribution in [3.8, 4) is 17.2 Å². The van der Waals surface area contributed by atoms with Crippen LogP contribution in [0, 0.1) is 0 Å². The fraction of sp³-hybridized carbons (Fsp3) is 0.357. The first-order valence-corrected chi connectivity index (χ1v) is 17.7. The molecule has 0 aliphatic heterocycles. The van der Waals surface area contributed by atoms with Crippen LogP contribution in [0.1, 0.15) is 116 Å². The second-order valence-electron chi connectivity index (χ2n) is 11.4. The molecule has 23 heteroatoms. The van der Waals surface area contributed by atoms with Crippen molar-refractivity contribution in [2.75, 3.05) is 13.2 Å². The van der Waals surface area contributed by atoms with E-state index in [2.05, 4.69) is 4.74 Å². The number of allylic oxidation sites excluding steroid dienone is 2. The van der Waals surface area contributed by atoms with Gasteiger partial charge in [-0.3, -0.25) is 9.59 Å². The molecule has 0 unspecified atom stereocenters. The lowest BCUT2D eigenvalue weighted by Gasteiger charge is -2.12. The summed E-state index contributed by atoms with van der Waals surface area (Å²) in [4.78, 5) is 54.8. The van der Waals surface area contributed by atoms with Crippen LogP contribution in [0.5, 0.6) is 17.2 Å². The second kappa shape index (κ2) is 32.0. The number of phenols is 2. The number of benzene rings is 3. The number of phenolic OH excluding ortho intramolecular Hbond substituents is 1. The highest BCUT2D eigenvalue weighted by molar-refractivity contribution is 5.94. The van der Waals surface area contributed by atoms with Crippen molar-refractivity contribution in [3.63, 3.8) is 0 Å². The van der Waals surface area contributed by atoms with Gasteiger partial charge in [0.1, 0.15) is 33.9 Å². The summed E-state index contributed by atoms with van der Waals surface area (Å²) in [6.07, 6.45) is -5.33. The summed E-state index contributed by atoms with van der Waals surface area (Å²) in [5.74, 6) is -6.82. The van der Waals surface area contributed by atoms with E-state index in [1.807, 2.05) is 19.9 Å². The SMILES string of the molecule is C.C.CC/C=C\CC(=O)O.CC/C=C\CC(=O)Oc1cc(C(F)(F)F)ccc1C(=O)OCC.CCOC(=O)c1ccc(C(F)(F)F)cc1O.FF.O=C(O)c1ccc(C(F)(F)F)cc1O. The average molecular weight is 955 g/mol. The molecule has 0 aromatic heterocycles. The minimum atomic E-state index is -4.61. The third-order valence-electron chi connectivity index (χ3n) is 6.79. The van der Waals surface area contributed by atoms with Crippen molar-refractivity contribution >= 4 is 29.8 Å². The van der Waals surface area contributed by atoms with E-state index in [-0.39, 0.29) is 52.0 Å². The number of halogens is 11. The number of carbonyl (C=O) groups excluding carboxylic acids is 3. The van der Waals surface area contributed by atoms with Gasteiger partial charge < -0.3 is 34.6 Å². The van der Waals surface area contributed by atoms with Gasteiger partial charge in [-0.25, -0.2) is 14.4 Å². The minimum absolute atomic E-state index is 0. The van der Waals surface area contributed by atoms with Crippen LogP contribution in [0.3, 0.4) is 0 Å². The van der Waals surface area contributed by atoms with Crippen molar-refractivity contribution in [3.05, 3.63) is 112 Å². The maximum atomic E-state index is 12.8. The molecular formula is C42H49F11O12. The molecule has 366 valence electrons. The normalized spacial score (nSPS) is 10.6. The van der Waals surface area contributed by atoms with Crippen molar-refractivity contribution in [1.29, 1.82) is 0 Å². The first-order chi connectivity index (χ1) is 29.2. The fourth-order valence-electron chi connectivity index (χ4n) is 4.00. The molecular weight excluding hydrogens is 905 g/mol. The van der Waals surface area contributed by atoms with Crippen molar-refractivity contribution in [1.82, 2.24) is 0 Å². The summed E-state index contributed by atoms with van der Waals surface area (Å²) in [6.45, 7) is 7.08. The molecule has 3 rings (SSSR count). The summed E-state index contributed by atoms with van der Waals surface area (Å²) in [7, 11) is 0. The van der Waals surface area contributed by atoms with Gasteiger partial charge in [0.05, 0.1) is 42.7 Å². The monoisotopic (exact) mass is 954 g/mol. The lowest BCUT2D eigenvalue weighted by atomic mass is 10.1. The number of alkyl halides is 9. The number of hydrogen-bond acceptors (Lipinski definition) is 10. The lowest BCUT2D eigenvalue weighted by molar-refractivity contribution is -0.139. The van der Waals surface area contributed by atoms with Crippen LogP contribution in [-0.2, 0) is 37.6 Å². The van der Waals surface area contributed by atoms with Gasteiger partial charge in [-0.1, -0.05) is 53.0 Å². The standard InChI is InChI=1S/C16H17F3O4.C10H9F3O3.C8H5F3O3.C6H10O2.2CH4.F2/c1-3-5-6-7-14(20)23-13-10-11(16(17,18)19)8-9-12(13)15(21)22-4-2;1-2-16-9(15)7-4-3-6(5-8(7)14)10(11,12)13;9-8(10,11)4-1-2-5(7(13)14)6(12)3-4;1-2-3-4-5-6(7)8;;;1-2/h5-6,8-10H,3-4,7H2,1-2H3;3-5,14H,2H2,1H3;1-3,12H,(H,13,14);3-4H,2,5H2,1H3,(H,7,8);2*1H4;/b6-5-;;;4-3-;;;. The Hall–Kier alpha value is -6.68. The van der Waals surface area contributed by atoms with Gasteiger partial charge in [0.15, 0.2) is 0 Å². The summed E-state index contributed by atoms with van der Waals surface area (Å²) < 4.78 is 141. The van der Waals surface area contributed by atoms with Crippen LogP contribution < -0.4 is 4.74 Å². The molecule has 0 aliphatic rings. The summed E-state index contributed by atoms with van der Waals surface area (Å²) in [6, 6.07) is 6.07. The van der Waals surface area contributed by atoms with Gasteiger partial charge >= 0.3 is 48.4 Å². The Bertz CT molecular complexity index is 1990. The highest BCUT2D eigenvalue weighted by atomic mass is 20.0. The minimum Gasteiger partial charge on any atom is -0.507 e. The maximum absolute atomic E-state index is 12.8. The highest BCUT2D eigenvalue weighted by Crippen LogP contribution is 2.35. The van der Waals surface area contributed by atoms with Gasteiger partial charge in [-0.05, 0) is 81.3 Å². The largest absolute Gasteiger partial charge is 0.507 e. The molecule has 12 nitrogen and oxygen atoms in total. The molecule has 65 heavy (non-hydrogen) atoms. The number of ether oxygens (including phenoxy) is 3. The van der Waals surface area contributed by atoms with Crippen LogP contribution in [0.2, 0.25) is 0 Å². The first-order valence-electron chi connectivity index (χ1n) is 17.7. The predicted octanol–water partition coefficient (Wildman–Crippen LogP) is 12.4. The van der Waals surface area contributed by atoms with E-state index in [0.717, 1.165) is 24.6 Å². The van der Waals surface area contributed by atoms with E-state index in [0.29, 0.717) is 42.8 Å². The number of aromatic carboxylic acids is 1. The molecule has 0 radical (unpaired) electrons. The molecule has 0 amide bonds. The number of esters is 3. The molecule has 0 atom stereocenters. The van der Waals surface area contributed by atoms with Crippen molar-refractivity contribution in [2.24, 2.45) is 0 Å². The van der Waals surface area contributed by atoms with Gasteiger partial charge in [0.2, 0.25) is 0 Å². The summed E-state index contributed by atoms with van der Waals surface area (Å²) >= 11 is 0. The quantitative estimate of drug-likeness (QED) is 0.0582. The van der Waals surface area contributed by atoms with E-state index >= 15 is 0 Å². The number of carbonyl (C=O) groups is 5. The van der Waals surface area contributed by atoms with Gasteiger partial charge in [-0.2, -0.15) is 39.5 Å². The Morgan fingerprint density at radius 3 is 1.23 bits per heavy atom. The van der Waals surface area contributed by atoms with E-state index in [1.165, 1.54) is 0 Å². The molecule has 3 aromatic carbocycles. The summed E-state index contributed by atoms with van der Waals surface area (Å²) in [5.41, 5.74) is -4.18. The number of hydrogen-bond donors (Lipinski definition) is 4. The zero-order valence-electron chi connectivity index (χ0n) is 33.5. The Balaban J connectivity index is -0.000000393. The first kappa shape index (κ1) is 64.9. The zero-order chi connectivity index (χ0) is 49.1. The number of carboxylic acid groups (broad SMARTS) is 2. The summed E-state index contributed by atoms with van der Waals surface area (Å²) in [5, 5.41) is 34.7. The second-order valence-corrected chi connectivity index (χ2v) is 11.4. The van der Waals surface area contributed by atoms with E-state index < -0.39 is 87.9 Å². The van der Waals surface area contributed by atoms with Crippen LogP contribution in [0.15, 0.2) is 78.9 Å². The molecule has 0 saturated heterocycles. The van der Waals surface area contributed by atoms with Gasteiger partial charge in [0, 0.05) is 9.15 Å². The third kappa shape index (κ3) is 25.9. The number of carboxylic acids is 2. The lowest BCUT2D eigenvalue weighted by Crippen LogP contribution is -2.14. The Labute approximate surface area is 366 Å². The highest BCUT2D eigenvalue weighted by Gasteiger charge is 2.34. The molecule has 0 heterocycles. The Morgan fingerprint density at radius 2 is 0.892 bits per heavy atom. The molecule has 0 aliphatic carbocycles. The Kier molecular flexibility index (Phi) is 32.0. The predicted molar refractivity (Wildman–Crippen MR) is 214 cm³/mol. The number of rotatable bonds is 12. The van der Waals surface area contributed by atoms with Gasteiger partial charge in [-0.15, -0.1) is 0 Å². The van der Waals surface area contributed by atoms with Crippen LogP contribution in [-0.4, -0.2) is 63.5 Å². The van der Waals surface area contributed by atoms with Crippen LogP contribution in [0.25, 0.3) is 0 Å². The maximum Gasteiger partial charge on any atom is 0.416 e. The molecule has 3 aromatic rings. The van der Waals surface area contributed by atoms with Gasteiger partial charge in [0.25, 0.3) is 0 Å². The van der Waals surface area contributed by atoms with Crippen LogP contribution >= 0.6 is 0 Å². The fourth-order valence-corrected chi connectivity index (χ4v) is 4.00. The number of aliphatic carboxylic acids is 1. The van der Waals surface area contributed by atoms with Crippen LogP contribution in [0.4, 0.5) is 48.7 Å². The number of aromatic hydroxyl groups is 2. The molecule has 0 spiro atoms. The van der Waals surface area contributed by atoms with Crippen molar-refractivity contribution in [2.45, 2.75) is 86.8 Å². The third-order valence-corrected chi connectivity index (χ3v) is 6.79.